The van der Waals surface area contributed by atoms with Crippen LogP contribution < -0.4 is 0 Å². The third kappa shape index (κ3) is 10.6. The number of hydrogen-bond acceptors (Lipinski definition) is 27. The zero-order valence-electron chi connectivity index (χ0n) is 48.0. The average molecular weight is 1220 g/mol. The summed E-state index contributed by atoms with van der Waals surface area (Å²) in [7, 11) is -4.04. The van der Waals surface area contributed by atoms with E-state index in [-0.39, 0.29) is 31.1 Å². The van der Waals surface area contributed by atoms with E-state index in [0.717, 1.165) is 5.57 Å². The van der Waals surface area contributed by atoms with Crippen LogP contribution in [0.4, 0.5) is 0 Å². The maximum Gasteiger partial charge on any atom is 0.397 e. The molecule has 13 N–H and O–H groups in total. The maximum atomic E-state index is 14.5. The number of methoxy groups -OCH3 is 1. The number of carbonyl (C=O) groups is 2. The topological polar surface area (TPSA) is 433 Å². The molecule has 0 aromatic rings. The van der Waals surface area contributed by atoms with Crippen LogP contribution >= 0.6 is 0 Å². The van der Waals surface area contributed by atoms with Crippen molar-refractivity contribution in [1.82, 2.24) is 0 Å². The second-order valence-electron chi connectivity index (χ2n) is 26.3. The fraction of sp³-hybridized carbons (Fsp3) is 0.926. The number of aliphatic hydroxyl groups is 12. The Hall–Kier alpha value is -2.09. The summed E-state index contributed by atoms with van der Waals surface area (Å²) in [5.41, 5.74) is -8.77. The summed E-state index contributed by atoms with van der Waals surface area (Å²) in [5.74, 6) is -1.95. The molecule has 29 heteroatoms. The fourth-order valence-electron chi connectivity index (χ4n) is 16.2. The number of carbonyl (C=O) groups excluding carboxylic acids is 2. The van der Waals surface area contributed by atoms with Gasteiger partial charge in [-0.05, 0) is 101 Å². The molecule has 8 fully saturated rings. The molecular formula is C54H86O28S. The molecule has 4 aliphatic carbocycles. The molecule has 3 saturated carbocycles. The van der Waals surface area contributed by atoms with Crippen LogP contribution in [0, 0.1) is 33.5 Å². The molecule has 83 heavy (non-hydrogen) atoms. The Balaban J connectivity index is 0.916. The van der Waals surface area contributed by atoms with E-state index < -0.39 is 209 Å². The van der Waals surface area contributed by atoms with Crippen molar-refractivity contribution in [3.63, 3.8) is 0 Å². The number of ether oxygens (including phenoxy) is 10. The Kier molecular flexibility index (Phi) is 18.2. The van der Waals surface area contributed by atoms with E-state index in [2.05, 4.69) is 6.92 Å². The van der Waals surface area contributed by atoms with Crippen LogP contribution in [0.1, 0.15) is 107 Å². The van der Waals surface area contributed by atoms with Crippen molar-refractivity contribution in [2.24, 2.45) is 33.5 Å². The van der Waals surface area contributed by atoms with Crippen molar-refractivity contribution in [1.29, 1.82) is 0 Å². The van der Waals surface area contributed by atoms with Crippen LogP contribution in [-0.2, 0) is 71.5 Å². The molecular weight excluding hydrogens is 1130 g/mol. The van der Waals surface area contributed by atoms with Gasteiger partial charge in [-0.25, -0.2) is 4.18 Å². The van der Waals surface area contributed by atoms with E-state index in [0.29, 0.717) is 32.1 Å². The molecule has 9 rings (SSSR count). The van der Waals surface area contributed by atoms with Gasteiger partial charge in [-0.2, -0.15) is 8.42 Å². The predicted octanol–water partition coefficient (Wildman–Crippen LogP) is -3.10. The number of fused-ring (bicyclic) bond motifs is 4. The zero-order valence-corrected chi connectivity index (χ0v) is 48.8. The second-order valence-corrected chi connectivity index (χ2v) is 27.3. The quantitative estimate of drug-likeness (QED) is 0.0297. The van der Waals surface area contributed by atoms with Crippen molar-refractivity contribution >= 4 is 22.2 Å². The first-order chi connectivity index (χ1) is 38.5. The van der Waals surface area contributed by atoms with E-state index in [1.54, 1.807) is 19.9 Å². The highest BCUT2D eigenvalue weighted by Gasteiger charge is 2.87. The number of Topliss-reactive ketones (excluding diaryl/α,β-unsaturated/α-hetero) is 1. The number of hydrogen-bond donors (Lipinski definition) is 13. The van der Waals surface area contributed by atoms with Crippen molar-refractivity contribution in [3.05, 3.63) is 11.6 Å². The first-order valence-corrected chi connectivity index (χ1v) is 29.9. The Morgan fingerprint density at radius 3 is 1.89 bits per heavy atom. The lowest BCUT2D eigenvalue weighted by Gasteiger charge is -2.64. The van der Waals surface area contributed by atoms with Gasteiger partial charge >= 0.3 is 16.4 Å². The zero-order chi connectivity index (χ0) is 61.3. The van der Waals surface area contributed by atoms with E-state index >= 15 is 0 Å². The number of ketones is 1. The molecule has 0 amide bonds. The first kappa shape index (κ1) is 65.4. The molecule has 0 aromatic carbocycles. The van der Waals surface area contributed by atoms with Gasteiger partial charge < -0.3 is 109 Å². The maximum absolute atomic E-state index is 14.5. The summed E-state index contributed by atoms with van der Waals surface area (Å²) in [6.45, 7) is 11.5. The van der Waals surface area contributed by atoms with Crippen LogP contribution in [0.25, 0.3) is 0 Å². The number of esters is 1. The highest BCUT2D eigenvalue weighted by atomic mass is 32.3. The van der Waals surface area contributed by atoms with E-state index in [1.807, 2.05) is 20.8 Å². The normalized spacial score (nSPS) is 50.8. The molecule has 2 unspecified atom stereocenters. The Morgan fingerprint density at radius 2 is 1.30 bits per heavy atom. The third-order valence-electron chi connectivity index (χ3n) is 20.7. The van der Waals surface area contributed by atoms with Gasteiger partial charge in [0.2, 0.25) is 0 Å². The van der Waals surface area contributed by atoms with Gasteiger partial charge in [0.25, 0.3) is 0 Å². The number of aliphatic hydroxyl groups excluding tert-OH is 10. The molecule has 1 spiro atoms. The SMILES string of the molecule is CO[C@@H]1[C@@H](O)[C@H](O[C@@H]2[C@@H](O)[C@H](O[C@H]3[C@H](O)[C@@H](O)[C@H](O[C@H]4[C@H](O[C@H]5CC[C@]6(C)C7=CC(O)C89C(=O)O[C@@](C)(C(=O)CCC(C)(C)O)[C@@]8(O)CC[C@@]9(C)[C@@H]7CC[C@H]6C5(C)C)OC[C@@H](OS(=O)(=O)O)[C@@H]4O)O[C@@H]3C)O[C@H](CO)[C@H]2O)O[C@H](CO)[C@H]1O. The summed E-state index contributed by atoms with van der Waals surface area (Å²) in [6.07, 6.45) is -31.3. The minimum absolute atomic E-state index is 0.00608. The van der Waals surface area contributed by atoms with Crippen molar-refractivity contribution in [2.75, 3.05) is 26.9 Å². The van der Waals surface area contributed by atoms with Gasteiger partial charge in [0.05, 0.1) is 43.7 Å². The lowest BCUT2D eigenvalue weighted by Crippen LogP contribution is -2.69. The van der Waals surface area contributed by atoms with Gasteiger partial charge in [-0.3, -0.25) is 14.1 Å². The van der Waals surface area contributed by atoms with Crippen LogP contribution in [-0.4, -0.2) is 259 Å². The average Bonchev–Trinajstić information content (AvgIpc) is 1.51. The summed E-state index contributed by atoms with van der Waals surface area (Å²) < 4.78 is 97.5. The lowest BCUT2D eigenvalue weighted by atomic mass is 9.40. The van der Waals surface area contributed by atoms with E-state index in [1.165, 1.54) is 21.0 Å². The summed E-state index contributed by atoms with van der Waals surface area (Å²) >= 11 is 0. The van der Waals surface area contributed by atoms with E-state index in [4.69, 9.17) is 51.6 Å². The predicted molar refractivity (Wildman–Crippen MR) is 276 cm³/mol. The summed E-state index contributed by atoms with van der Waals surface area (Å²) in [4.78, 5) is 28.5. The van der Waals surface area contributed by atoms with Crippen molar-refractivity contribution in [2.45, 2.75) is 252 Å². The first-order valence-electron chi connectivity index (χ1n) is 28.5. The van der Waals surface area contributed by atoms with Crippen LogP contribution in [0.15, 0.2) is 11.6 Å². The van der Waals surface area contributed by atoms with Crippen LogP contribution in [0.2, 0.25) is 0 Å². The molecule has 28 nitrogen and oxygen atoms in total. The highest BCUT2D eigenvalue weighted by molar-refractivity contribution is 7.80. The van der Waals surface area contributed by atoms with Gasteiger partial charge in [0.15, 0.2) is 36.5 Å². The Morgan fingerprint density at radius 1 is 0.723 bits per heavy atom. The highest BCUT2D eigenvalue weighted by Crippen LogP contribution is 2.77. The molecule has 0 radical (unpaired) electrons. The summed E-state index contributed by atoms with van der Waals surface area (Å²) in [5, 5.41) is 135. The molecule has 0 bridgehead atoms. The molecule has 5 aliphatic heterocycles. The Labute approximate surface area is 480 Å². The van der Waals surface area contributed by atoms with Crippen molar-refractivity contribution in [3.8, 4) is 0 Å². The minimum atomic E-state index is -5.21. The van der Waals surface area contributed by atoms with Gasteiger partial charge in [-0.15, -0.1) is 0 Å². The third-order valence-corrected chi connectivity index (χ3v) is 21.2. The second kappa shape index (κ2) is 23.1. The van der Waals surface area contributed by atoms with Gasteiger partial charge in [0.1, 0.15) is 96.5 Å². The molecule has 9 aliphatic rings. The summed E-state index contributed by atoms with van der Waals surface area (Å²) in [6, 6.07) is 0. The Bertz CT molecular complexity index is 2510. The number of rotatable bonds is 17. The van der Waals surface area contributed by atoms with Crippen LogP contribution in [0.3, 0.4) is 0 Å². The largest absolute Gasteiger partial charge is 0.448 e. The number of cyclic esters (lactones) is 1. The molecule has 5 saturated heterocycles. The van der Waals surface area contributed by atoms with E-state index in [9.17, 15) is 83.8 Å². The molecule has 0 aromatic heterocycles. The van der Waals surface area contributed by atoms with Gasteiger partial charge in [-0.1, -0.05) is 39.3 Å². The van der Waals surface area contributed by atoms with Crippen molar-refractivity contribution < 1.29 is 135 Å². The molecule has 28 atom stereocenters. The van der Waals surface area contributed by atoms with Crippen LogP contribution in [0.5, 0.6) is 0 Å². The van der Waals surface area contributed by atoms with Gasteiger partial charge in [0, 0.05) is 13.5 Å². The minimum Gasteiger partial charge on any atom is -0.448 e. The number of allylic oxidation sites excluding steroid dienone is 1. The molecule has 476 valence electrons. The lowest BCUT2D eigenvalue weighted by molar-refractivity contribution is -0.389. The smallest absolute Gasteiger partial charge is 0.397 e. The monoisotopic (exact) mass is 1210 g/mol. The molecule has 5 heterocycles. The standard InChI is InChI=1S/C54H86O28S/c1-22-39(78-45-38(65)41(33(60)26(20-56)76-45)79-44-37(64)40(72-9)32(59)25(19-55)75-44)35(62)36(63)43(74-22)80-42-34(61)27(82-83(69,70)71)21-73-46(42)77-31-13-15-50(6)24-18-30(58)54-47(66)81-52(8,29(57)12-14-48(2,3)67)53(54,68)17-16-51(54,7)23(24)10-11-28(50)49(31,4)5/h18,22-23,25-28,30-46,55-56,58-65,67-68H,10-17,19-21H2,1-9H3,(H,69,70,71)/t22-,23-,25-,26-,27-,28+,30?,31+,32-,33-,34+,35-,36-,37-,38-,39-,40+,41+,42-,43+,44+,45+,46+,50-,51+,52+,53+,54?/m1/s1. The fourth-order valence-corrected chi connectivity index (χ4v) is 16.7.